The predicted molar refractivity (Wildman–Crippen MR) is 69.1 cm³/mol. The molecule has 1 heterocycles. The zero-order valence-corrected chi connectivity index (χ0v) is 11.1. The molecular weight excluding hydrogens is 252 g/mol. The largest absolute Gasteiger partial charge is 0.323 e. The number of nitrogens with zero attached hydrogens (tertiary/aromatic N) is 1. The standard InChI is InChI=1S/C11H18N4O2S/c1-8(9-2-3-9)6-14-18(16,17)11-7-13-5-4-10(11)15-12/h4-5,7-9,14H,2-3,6,12H2,1H3,(H,13,15). The van der Waals surface area contributed by atoms with Gasteiger partial charge in [0.25, 0.3) is 0 Å². The van der Waals surface area contributed by atoms with Crippen molar-refractivity contribution in [1.29, 1.82) is 0 Å². The Morgan fingerprint density at radius 1 is 1.56 bits per heavy atom. The summed E-state index contributed by atoms with van der Waals surface area (Å²) >= 11 is 0. The molecule has 1 aliphatic rings. The monoisotopic (exact) mass is 270 g/mol. The average Bonchev–Trinajstić information content (AvgIpc) is 3.20. The zero-order valence-electron chi connectivity index (χ0n) is 10.3. The van der Waals surface area contributed by atoms with Gasteiger partial charge in [0.05, 0.1) is 5.69 Å². The lowest BCUT2D eigenvalue weighted by Crippen LogP contribution is -2.30. The number of rotatable bonds is 6. The zero-order chi connectivity index (χ0) is 13.2. The highest BCUT2D eigenvalue weighted by molar-refractivity contribution is 7.89. The fourth-order valence-corrected chi connectivity index (χ4v) is 3.12. The van der Waals surface area contributed by atoms with E-state index in [1.165, 1.54) is 31.3 Å². The minimum atomic E-state index is -3.56. The van der Waals surface area contributed by atoms with E-state index in [9.17, 15) is 8.42 Å². The minimum Gasteiger partial charge on any atom is -0.323 e. The molecule has 2 rings (SSSR count). The van der Waals surface area contributed by atoms with E-state index in [0.29, 0.717) is 24.1 Å². The molecule has 0 saturated heterocycles. The number of nitrogens with two attached hydrogens (primary N) is 1. The molecule has 0 spiro atoms. The fraction of sp³-hybridized carbons (Fsp3) is 0.545. The van der Waals surface area contributed by atoms with Crippen LogP contribution in [0.1, 0.15) is 19.8 Å². The van der Waals surface area contributed by atoms with Crippen molar-refractivity contribution in [2.24, 2.45) is 17.7 Å². The lowest BCUT2D eigenvalue weighted by molar-refractivity contribution is 0.492. The van der Waals surface area contributed by atoms with Gasteiger partial charge in [-0.05, 0) is 30.7 Å². The molecule has 1 atom stereocenters. The molecule has 6 nitrogen and oxygen atoms in total. The van der Waals surface area contributed by atoms with Crippen LogP contribution in [0.15, 0.2) is 23.4 Å². The Balaban J connectivity index is 2.09. The third-order valence-corrected chi connectivity index (χ3v) is 4.70. The molecule has 7 heteroatoms. The van der Waals surface area contributed by atoms with Crippen LogP contribution in [0.3, 0.4) is 0 Å². The maximum Gasteiger partial charge on any atom is 0.244 e. The van der Waals surface area contributed by atoms with Gasteiger partial charge in [0.15, 0.2) is 0 Å². The van der Waals surface area contributed by atoms with Gasteiger partial charge in [-0.25, -0.2) is 13.1 Å². The first-order valence-electron chi connectivity index (χ1n) is 5.95. The van der Waals surface area contributed by atoms with E-state index >= 15 is 0 Å². The van der Waals surface area contributed by atoms with Crippen molar-refractivity contribution >= 4 is 15.7 Å². The highest BCUT2D eigenvalue weighted by atomic mass is 32.2. The highest BCUT2D eigenvalue weighted by Crippen LogP contribution is 2.36. The van der Waals surface area contributed by atoms with E-state index in [1.807, 2.05) is 0 Å². The summed E-state index contributed by atoms with van der Waals surface area (Å²) in [4.78, 5) is 3.90. The Morgan fingerprint density at radius 2 is 2.28 bits per heavy atom. The van der Waals surface area contributed by atoms with Crippen LogP contribution in [0.25, 0.3) is 0 Å². The maximum absolute atomic E-state index is 12.1. The number of aromatic nitrogens is 1. The molecule has 4 N–H and O–H groups in total. The molecule has 1 aliphatic carbocycles. The van der Waals surface area contributed by atoms with Gasteiger partial charge < -0.3 is 5.43 Å². The van der Waals surface area contributed by atoms with Crippen molar-refractivity contribution in [1.82, 2.24) is 9.71 Å². The summed E-state index contributed by atoms with van der Waals surface area (Å²) in [6.45, 7) is 2.51. The molecule has 1 saturated carbocycles. The number of nitrogen functional groups attached to an aromatic ring is 1. The number of sulfonamides is 1. The molecule has 0 amide bonds. The molecule has 1 aromatic heterocycles. The topological polar surface area (TPSA) is 97.1 Å². The van der Waals surface area contributed by atoms with Gasteiger partial charge in [-0.15, -0.1) is 0 Å². The summed E-state index contributed by atoms with van der Waals surface area (Å²) < 4.78 is 26.8. The molecule has 1 fully saturated rings. The number of hydrogen-bond donors (Lipinski definition) is 3. The van der Waals surface area contributed by atoms with Gasteiger partial charge in [-0.1, -0.05) is 6.92 Å². The molecule has 0 bridgehead atoms. The van der Waals surface area contributed by atoms with E-state index in [2.05, 4.69) is 22.1 Å². The van der Waals surface area contributed by atoms with Gasteiger partial charge in [-0.3, -0.25) is 10.8 Å². The second-order valence-corrected chi connectivity index (χ2v) is 6.42. The summed E-state index contributed by atoms with van der Waals surface area (Å²) in [5.41, 5.74) is 2.71. The number of hydrogen-bond acceptors (Lipinski definition) is 5. The van der Waals surface area contributed by atoms with Crippen LogP contribution >= 0.6 is 0 Å². The maximum atomic E-state index is 12.1. The van der Waals surface area contributed by atoms with Crippen molar-refractivity contribution in [3.8, 4) is 0 Å². The third kappa shape index (κ3) is 2.98. The smallest absolute Gasteiger partial charge is 0.244 e. The number of anilines is 1. The van der Waals surface area contributed by atoms with E-state index in [4.69, 9.17) is 5.84 Å². The molecular formula is C11H18N4O2S. The first-order chi connectivity index (χ1) is 8.54. The highest BCUT2D eigenvalue weighted by Gasteiger charge is 2.29. The Morgan fingerprint density at radius 3 is 2.89 bits per heavy atom. The lowest BCUT2D eigenvalue weighted by atomic mass is 10.1. The van der Waals surface area contributed by atoms with Crippen LogP contribution in [0, 0.1) is 11.8 Å². The van der Waals surface area contributed by atoms with Gasteiger partial charge in [0, 0.05) is 18.9 Å². The van der Waals surface area contributed by atoms with E-state index < -0.39 is 10.0 Å². The number of hydrazine groups is 1. The summed E-state index contributed by atoms with van der Waals surface area (Å²) in [5, 5.41) is 0. The van der Waals surface area contributed by atoms with Crippen LogP contribution in [0.5, 0.6) is 0 Å². The summed E-state index contributed by atoms with van der Waals surface area (Å²) in [6.07, 6.45) is 5.18. The third-order valence-electron chi connectivity index (χ3n) is 3.25. The van der Waals surface area contributed by atoms with Crippen molar-refractivity contribution in [2.75, 3.05) is 12.0 Å². The fourth-order valence-electron chi connectivity index (χ4n) is 1.86. The van der Waals surface area contributed by atoms with E-state index in [-0.39, 0.29) is 4.90 Å². The van der Waals surface area contributed by atoms with Crippen molar-refractivity contribution in [3.05, 3.63) is 18.5 Å². The van der Waals surface area contributed by atoms with Crippen molar-refractivity contribution in [3.63, 3.8) is 0 Å². The van der Waals surface area contributed by atoms with Gasteiger partial charge >= 0.3 is 0 Å². The Bertz CT molecular complexity index is 514. The Labute approximate surface area is 107 Å². The Kier molecular flexibility index (Phi) is 3.84. The Hall–Kier alpha value is -1.18. The molecule has 1 aromatic rings. The second kappa shape index (κ2) is 5.21. The van der Waals surface area contributed by atoms with E-state index in [1.54, 1.807) is 0 Å². The molecule has 100 valence electrons. The first kappa shape index (κ1) is 13.3. The SMILES string of the molecule is CC(CNS(=O)(=O)c1cnccc1NN)C1CC1. The van der Waals surface area contributed by atoms with Crippen LogP contribution in [-0.4, -0.2) is 19.9 Å². The predicted octanol–water partition coefficient (Wildman–Crippen LogP) is 0.692. The lowest BCUT2D eigenvalue weighted by Gasteiger charge is -2.13. The molecule has 0 radical (unpaired) electrons. The van der Waals surface area contributed by atoms with E-state index in [0.717, 1.165) is 0 Å². The molecule has 1 unspecified atom stereocenters. The van der Waals surface area contributed by atoms with Crippen LogP contribution < -0.4 is 16.0 Å². The summed E-state index contributed by atoms with van der Waals surface area (Å²) in [5.74, 6) is 6.32. The first-order valence-corrected chi connectivity index (χ1v) is 7.43. The molecule has 18 heavy (non-hydrogen) atoms. The van der Waals surface area contributed by atoms with Gasteiger partial charge in [0.2, 0.25) is 10.0 Å². The van der Waals surface area contributed by atoms with Gasteiger partial charge in [-0.2, -0.15) is 0 Å². The minimum absolute atomic E-state index is 0.0792. The van der Waals surface area contributed by atoms with Crippen molar-refractivity contribution < 1.29 is 8.42 Å². The number of pyridine rings is 1. The average molecular weight is 270 g/mol. The quantitative estimate of drug-likeness (QED) is 0.522. The molecule has 0 aromatic carbocycles. The summed E-state index contributed by atoms with van der Waals surface area (Å²) in [7, 11) is -3.56. The molecule has 0 aliphatic heterocycles. The normalized spacial score (nSPS) is 17.4. The second-order valence-electron chi connectivity index (χ2n) is 4.68. The van der Waals surface area contributed by atoms with Gasteiger partial charge in [0.1, 0.15) is 4.90 Å². The number of nitrogens with one attached hydrogen (secondary N) is 2. The van der Waals surface area contributed by atoms with Crippen LogP contribution in [-0.2, 0) is 10.0 Å². The summed E-state index contributed by atoms with van der Waals surface area (Å²) in [6, 6.07) is 1.53. The van der Waals surface area contributed by atoms with Crippen LogP contribution in [0.2, 0.25) is 0 Å². The van der Waals surface area contributed by atoms with Crippen molar-refractivity contribution in [2.45, 2.75) is 24.7 Å². The van der Waals surface area contributed by atoms with Crippen LogP contribution in [0.4, 0.5) is 5.69 Å².